The molecular formula is C12H22ClN3S. The van der Waals surface area contributed by atoms with Crippen molar-refractivity contribution in [3.63, 3.8) is 0 Å². The van der Waals surface area contributed by atoms with Crippen LogP contribution in [0.2, 0.25) is 0 Å². The van der Waals surface area contributed by atoms with Gasteiger partial charge in [0.15, 0.2) is 0 Å². The molecule has 1 fully saturated rings. The van der Waals surface area contributed by atoms with Gasteiger partial charge in [0.1, 0.15) is 0 Å². The highest BCUT2D eigenvalue weighted by Crippen LogP contribution is 2.18. The Morgan fingerprint density at radius 1 is 1.47 bits per heavy atom. The lowest BCUT2D eigenvalue weighted by Gasteiger charge is -2.31. The SMILES string of the molecule is CCc1ncc(CN(C)C2CCNCC2)s1.Cl. The summed E-state index contributed by atoms with van der Waals surface area (Å²) < 4.78 is 0. The van der Waals surface area contributed by atoms with Crippen LogP contribution in [-0.2, 0) is 13.0 Å². The van der Waals surface area contributed by atoms with Gasteiger partial charge in [-0.2, -0.15) is 0 Å². The summed E-state index contributed by atoms with van der Waals surface area (Å²) in [5.74, 6) is 0. The molecule has 0 aliphatic carbocycles. The van der Waals surface area contributed by atoms with E-state index in [1.807, 2.05) is 17.5 Å². The van der Waals surface area contributed by atoms with Crippen LogP contribution < -0.4 is 5.32 Å². The van der Waals surface area contributed by atoms with Crippen LogP contribution in [0.5, 0.6) is 0 Å². The second-order valence-corrected chi connectivity index (χ2v) is 5.67. The maximum atomic E-state index is 4.41. The number of aryl methyl sites for hydroxylation is 1. The van der Waals surface area contributed by atoms with Crippen molar-refractivity contribution in [2.24, 2.45) is 0 Å². The van der Waals surface area contributed by atoms with Crippen LogP contribution in [0.1, 0.15) is 29.7 Å². The fraction of sp³-hybridized carbons (Fsp3) is 0.750. The highest BCUT2D eigenvalue weighted by atomic mass is 35.5. The Hall–Kier alpha value is -0.160. The van der Waals surface area contributed by atoms with E-state index >= 15 is 0 Å². The molecule has 2 rings (SSSR count). The third-order valence-corrected chi connectivity index (χ3v) is 4.37. The second kappa shape index (κ2) is 7.31. The van der Waals surface area contributed by atoms with Gasteiger partial charge in [0.2, 0.25) is 0 Å². The van der Waals surface area contributed by atoms with Crippen molar-refractivity contribution >= 4 is 23.7 Å². The number of rotatable bonds is 4. The van der Waals surface area contributed by atoms with Crippen LogP contribution in [0, 0.1) is 0 Å². The molecule has 0 radical (unpaired) electrons. The summed E-state index contributed by atoms with van der Waals surface area (Å²) in [5, 5.41) is 4.67. The molecule has 0 spiro atoms. The fourth-order valence-corrected chi connectivity index (χ4v) is 3.13. The molecule has 1 aliphatic heterocycles. The van der Waals surface area contributed by atoms with Gasteiger partial charge in [-0.1, -0.05) is 6.92 Å². The molecule has 0 amide bonds. The molecule has 3 nitrogen and oxygen atoms in total. The third-order valence-electron chi connectivity index (χ3n) is 3.24. The summed E-state index contributed by atoms with van der Waals surface area (Å²) >= 11 is 1.86. The lowest BCUT2D eigenvalue weighted by Crippen LogP contribution is -2.40. The molecule has 0 bridgehead atoms. The highest BCUT2D eigenvalue weighted by Gasteiger charge is 2.18. The van der Waals surface area contributed by atoms with Gasteiger partial charge in [-0.15, -0.1) is 23.7 Å². The van der Waals surface area contributed by atoms with E-state index in [1.54, 1.807) is 0 Å². The van der Waals surface area contributed by atoms with Gasteiger partial charge >= 0.3 is 0 Å². The number of nitrogens with zero attached hydrogens (tertiary/aromatic N) is 2. The van der Waals surface area contributed by atoms with Crippen molar-refractivity contribution < 1.29 is 0 Å². The van der Waals surface area contributed by atoms with Gasteiger partial charge in [0.25, 0.3) is 0 Å². The van der Waals surface area contributed by atoms with Crippen LogP contribution in [0.25, 0.3) is 0 Å². The first-order valence-electron chi connectivity index (χ1n) is 6.14. The van der Waals surface area contributed by atoms with Crippen molar-refractivity contribution in [3.05, 3.63) is 16.1 Å². The van der Waals surface area contributed by atoms with Crippen molar-refractivity contribution in [3.8, 4) is 0 Å². The number of piperidine rings is 1. The Kier molecular flexibility index (Phi) is 6.41. The van der Waals surface area contributed by atoms with Gasteiger partial charge in [-0.3, -0.25) is 4.90 Å². The van der Waals surface area contributed by atoms with E-state index < -0.39 is 0 Å². The number of thiazole rings is 1. The topological polar surface area (TPSA) is 28.2 Å². The summed E-state index contributed by atoms with van der Waals surface area (Å²) in [6.07, 6.45) is 5.65. The zero-order valence-corrected chi connectivity index (χ0v) is 12.2. The predicted octanol–water partition coefficient (Wildman–Crippen LogP) is 2.31. The molecule has 0 unspecified atom stereocenters. The number of nitrogens with one attached hydrogen (secondary N) is 1. The Balaban J connectivity index is 0.00000144. The van der Waals surface area contributed by atoms with Crippen LogP contribution in [0.3, 0.4) is 0 Å². The minimum atomic E-state index is 0. The second-order valence-electron chi connectivity index (χ2n) is 4.47. The zero-order chi connectivity index (χ0) is 11.4. The van der Waals surface area contributed by atoms with E-state index in [4.69, 9.17) is 0 Å². The first-order valence-corrected chi connectivity index (χ1v) is 6.95. The van der Waals surface area contributed by atoms with E-state index in [9.17, 15) is 0 Å². The van der Waals surface area contributed by atoms with Gasteiger partial charge in [-0.25, -0.2) is 4.98 Å². The summed E-state index contributed by atoms with van der Waals surface area (Å²) in [4.78, 5) is 8.29. The van der Waals surface area contributed by atoms with Crippen molar-refractivity contribution in [1.82, 2.24) is 15.2 Å². The molecule has 0 aromatic carbocycles. The third kappa shape index (κ3) is 4.21. The molecule has 0 atom stereocenters. The standard InChI is InChI=1S/C12H21N3S.ClH/c1-3-12-14-8-11(16-12)9-15(2)10-4-6-13-7-5-10;/h8,10,13H,3-7,9H2,1-2H3;1H. The molecule has 98 valence electrons. The molecule has 17 heavy (non-hydrogen) atoms. The minimum Gasteiger partial charge on any atom is -0.317 e. The smallest absolute Gasteiger partial charge is 0.0925 e. The van der Waals surface area contributed by atoms with Gasteiger partial charge in [-0.05, 0) is 39.4 Å². The van der Waals surface area contributed by atoms with E-state index in [2.05, 4.69) is 29.2 Å². The average molecular weight is 276 g/mol. The molecule has 1 saturated heterocycles. The largest absolute Gasteiger partial charge is 0.317 e. The Morgan fingerprint density at radius 2 is 2.18 bits per heavy atom. The Labute approximate surface area is 114 Å². The molecule has 1 aromatic rings. The van der Waals surface area contributed by atoms with Crippen molar-refractivity contribution in [1.29, 1.82) is 0 Å². The highest BCUT2D eigenvalue weighted by molar-refractivity contribution is 7.11. The molecular weight excluding hydrogens is 254 g/mol. The summed E-state index contributed by atoms with van der Waals surface area (Å²) in [6.45, 7) is 5.55. The number of hydrogen-bond acceptors (Lipinski definition) is 4. The summed E-state index contributed by atoms with van der Waals surface area (Å²) in [7, 11) is 2.24. The van der Waals surface area contributed by atoms with E-state index in [1.165, 1.54) is 22.7 Å². The van der Waals surface area contributed by atoms with Crippen LogP contribution >= 0.6 is 23.7 Å². The van der Waals surface area contributed by atoms with Crippen molar-refractivity contribution in [2.75, 3.05) is 20.1 Å². The molecule has 5 heteroatoms. The minimum absolute atomic E-state index is 0. The number of halogens is 1. The first kappa shape index (κ1) is 14.9. The van der Waals surface area contributed by atoms with E-state index in [0.717, 1.165) is 32.1 Å². The monoisotopic (exact) mass is 275 g/mol. The normalized spacial score (nSPS) is 17.1. The lowest BCUT2D eigenvalue weighted by molar-refractivity contribution is 0.193. The van der Waals surface area contributed by atoms with E-state index in [0.29, 0.717) is 0 Å². The molecule has 0 saturated carbocycles. The molecule has 2 heterocycles. The zero-order valence-electron chi connectivity index (χ0n) is 10.6. The maximum absolute atomic E-state index is 4.41. The van der Waals surface area contributed by atoms with Crippen molar-refractivity contribution in [2.45, 2.75) is 38.8 Å². The average Bonchev–Trinajstić information content (AvgIpc) is 2.78. The number of hydrogen-bond donors (Lipinski definition) is 1. The predicted molar refractivity (Wildman–Crippen MR) is 76.1 cm³/mol. The Morgan fingerprint density at radius 3 is 2.76 bits per heavy atom. The lowest BCUT2D eigenvalue weighted by atomic mass is 10.1. The molecule has 1 aliphatic rings. The fourth-order valence-electron chi connectivity index (χ4n) is 2.21. The summed E-state index contributed by atoms with van der Waals surface area (Å²) in [6, 6.07) is 0.744. The van der Waals surface area contributed by atoms with Crippen LogP contribution in [0.15, 0.2) is 6.20 Å². The quantitative estimate of drug-likeness (QED) is 0.914. The first-order chi connectivity index (χ1) is 7.79. The van der Waals surface area contributed by atoms with Gasteiger partial charge < -0.3 is 5.32 Å². The molecule has 1 N–H and O–H groups in total. The maximum Gasteiger partial charge on any atom is 0.0925 e. The number of aromatic nitrogens is 1. The Bertz CT molecular complexity index is 323. The summed E-state index contributed by atoms with van der Waals surface area (Å²) in [5.41, 5.74) is 0. The van der Waals surface area contributed by atoms with E-state index in [-0.39, 0.29) is 12.4 Å². The molecule has 1 aromatic heterocycles. The van der Waals surface area contributed by atoms with Gasteiger partial charge in [0, 0.05) is 23.7 Å². The van der Waals surface area contributed by atoms with Crippen LogP contribution in [0.4, 0.5) is 0 Å². The van der Waals surface area contributed by atoms with Crippen LogP contribution in [-0.4, -0.2) is 36.1 Å². The van der Waals surface area contributed by atoms with Gasteiger partial charge in [0.05, 0.1) is 5.01 Å².